The molecule has 0 aliphatic carbocycles. The van der Waals surface area contributed by atoms with E-state index in [1.807, 2.05) is 26.0 Å². The Bertz CT molecular complexity index is 570. The molecular formula is C12H13BrClN3O. The van der Waals surface area contributed by atoms with Crippen LogP contribution < -0.4 is 0 Å². The normalized spacial score (nSPS) is 12.7. The third-order valence-electron chi connectivity index (χ3n) is 2.71. The van der Waals surface area contributed by atoms with Crippen molar-refractivity contribution in [2.75, 3.05) is 0 Å². The van der Waals surface area contributed by atoms with E-state index in [0.29, 0.717) is 17.1 Å². The van der Waals surface area contributed by atoms with Crippen molar-refractivity contribution < 1.29 is 5.11 Å². The second-order valence-corrected chi connectivity index (χ2v) is 5.33. The Morgan fingerprint density at radius 3 is 2.89 bits per heavy atom. The molecule has 4 nitrogen and oxygen atoms in total. The second kappa shape index (κ2) is 5.38. The molecule has 1 unspecified atom stereocenters. The van der Waals surface area contributed by atoms with E-state index in [1.165, 1.54) is 0 Å². The van der Waals surface area contributed by atoms with Crippen LogP contribution in [-0.4, -0.2) is 20.1 Å². The average Bonchev–Trinajstić information content (AvgIpc) is 2.82. The Morgan fingerprint density at radius 1 is 1.50 bits per heavy atom. The topological polar surface area (TPSA) is 50.9 Å². The quantitative estimate of drug-likeness (QED) is 0.938. The standard InChI is InChI=1S/C12H13BrClN3O/c1-3-12(18)10-6-17(16-15-10)11-5-9(14)7(2)4-8(11)13/h4-6,12,18H,3H2,1-2H3. The van der Waals surface area contributed by atoms with Gasteiger partial charge < -0.3 is 5.11 Å². The van der Waals surface area contributed by atoms with Crippen molar-refractivity contribution in [3.63, 3.8) is 0 Å². The van der Waals surface area contributed by atoms with Crippen molar-refractivity contribution in [2.24, 2.45) is 0 Å². The van der Waals surface area contributed by atoms with Gasteiger partial charge in [0.05, 0.1) is 18.0 Å². The number of aromatic nitrogens is 3. The summed E-state index contributed by atoms with van der Waals surface area (Å²) in [6.07, 6.45) is 1.73. The number of nitrogens with zero attached hydrogens (tertiary/aromatic N) is 3. The van der Waals surface area contributed by atoms with Gasteiger partial charge in [0.2, 0.25) is 0 Å². The third kappa shape index (κ3) is 2.58. The Kier molecular flexibility index (Phi) is 4.04. The largest absolute Gasteiger partial charge is 0.387 e. The predicted octanol–water partition coefficient (Wildman–Crippen LogP) is 3.44. The molecule has 0 spiro atoms. The highest BCUT2D eigenvalue weighted by molar-refractivity contribution is 9.10. The molecule has 18 heavy (non-hydrogen) atoms. The highest BCUT2D eigenvalue weighted by atomic mass is 79.9. The predicted molar refractivity (Wildman–Crippen MR) is 74.1 cm³/mol. The van der Waals surface area contributed by atoms with Crippen LogP contribution in [-0.2, 0) is 0 Å². The molecule has 1 aromatic carbocycles. The zero-order valence-corrected chi connectivity index (χ0v) is 12.4. The molecule has 0 amide bonds. The third-order valence-corrected chi connectivity index (χ3v) is 3.76. The summed E-state index contributed by atoms with van der Waals surface area (Å²) in [7, 11) is 0. The van der Waals surface area contributed by atoms with Crippen LogP contribution in [0.5, 0.6) is 0 Å². The Hall–Kier alpha value is -0.910. The van der Waals surface area contributed by atoms with Gasteiger partial charge in [0, 0.05) is 9.50 Å². The SMILES string of the molecule is CCC(O)c1cn(-c2cc(Cl)c(C)cc2Br)nn1. The van der Waals surface area contributed by atoms with Gasteiger partial charge in [0.25, 0.3) is 0 Å². The molecule has 0 saturated carbocycles. The van der Waals surface area contributed by atoms with E-state index in [9.17, 15) is 5.11 Å². The minimum Gasteiger partial charge on any atom is -0.387 e. The van der Waals surface area contributed by atoms with Gasteiger partial charge in [-0.1, -0.05) is 23.7 Å². The zero-order chi connectivity index (χ0) is 13.3. The fourth-order valence-electron chi connectivity index (χ4n) is 1.57. The molecule has 1 N–H and O–H groups in total. The maximum Gasteiger partial charge on any atom is 0.112 e. The van der Waals surface area contributed by atoms with Gasteiger partial charge >= 0.3 is 0 Å². The Labute approximate surface area is 119 Å². The number of benzene rings is 1. The van der Waals surface area contributed by atoms with E-state index in [2.05, 4.69) is 26.2 Å². The molecule has 6 heteroatoms. The van der Waals surface area contributed by atoms with Crippen LogP contribution in [0.4, 0.5) is 0 Å². The lowest BCUT2D eigenvalue weighted by Crippen LogP contribution is -1.97. The Balaban J connectivity index is 2.43. The lowest BCUT2D eigenvalue weighted by atomic mass is 10.2. The van der Waals surface area contributed by atoms with Gasteiger partial charge in [0.15, 0.2) is 0 Å². The molecule has 0 fully saturated rings. The van der Waals surface area contributed by atoms with Crippen molar-refractivity contribution in [3.8, 4) is 5.69 Å². The van der Waals surface area contributed by atoms with Crippen LogP contribution in [0.1, 0.15) is 30.7 Å². The van der Waals surface area contributed by atoms with Crippen molar-refractivity contribution in [1.82, 2.24) is 15.0 Å². The van der Waals surface area contributed by atoms with Crippen molar-refractivity contribution in [1.29, 1.82) is 0 Å². The van der Waals surface area contributed by atoms with Gasteiger partial charge in [-0.2, -0.15) is 0 Å². The number of halogens is 2. The van der Waals surface area contributed by atoms with E-state index >= 15 is 0 Å². The molecule has 0 radical (unpaired) electrons. The molecule has 0 bridgehead atoms. The summed E-state index contributed by atoms with van der Waals surface area (Å²) in [6.45, 7) is 3.83. The number of aryl methyl sites for hydroxylation is 1. The average molecular weight is 331 g/mol. The highest BCUT2D eigenvalue weighted by Crippen LogP contribution is 2.28. The number of aliphatic hydroxyl groups excluding tert-OH is 1. The molecule has 1 heterocycles. The lowest BCUT2D eigenvalue weighted by Gasteiger charge is -2.06. The smallest absolute Gasteiger partial charge is 0.112 e. The summed E-state index contributed by atoms with van der Waals surface area (Å²) >= 11 is 9.57. The van der Waals surface area contributed by atoms with Crippen molar-refractivity contribution in [3.05, 3.63) is 39.1 Å². The fourth-order valence-corrected chi connectivity index (χ4v) is 2.37. The monoisotopic (exact) mass is 329 g/mol. The van der Waals surface area contributed by atoms with E-state index < -0.39 is 6.10 Å². The van der Waals surface area contributed by atoms with Gasteiger partial charge in [0.1, 0.15) is 5.69 Å². The van der Waals surface area contributed by atoms with Crippen LogP contribution >= 0.6 is 27.5 Å². The first-order valence-corrected chi connectivity index (χ1v) is 6.76. The van der Waals surface area contributed by atoms with Gasteiger partial charge in [-0.05, 0) is 47.0 Å². The summed E-state index contributed by atoms with van der Waals surface area (Å²) in [4.78, 5) is 0. The molecule has 0 aliphatic heterocycles. The van der Waals surface area contributed by atoms with E-state index in [-0.39, 0.29) is 0 Å². The van der Waals surface area contributed by atoms with Crippen LogP contribution in [0.25, 0.3) is 5.69 Å². The van der Waals surface area contributed by atoms with E-state index in [4.69, 9.17) is 11.6 Å². The second-order valence-electron chi connectivity index (χ2n) is 4.06. The molecule has 0 saturated heterocycles. The maximum atomic E-state index is 9.70. The molecule has 0 aliphatic rings. The molecular weight excluding hydrogens is 318 g/mol. The van der Waals surface area contributed by atoms with Crippen LogP contribution in [0.15, 0.2) is 22.8 Å². The van der Waals surface area contributed by atoms with Crippen LogP contribution in [0, 0.1) is 6.92 Å². The molecule has 1 aromatic heterocycles. The maximum absolute atomic E-state index is 9.70. The molecule has 2 rings (SSSR count). The summed E-state index contributed by atoms with van der Waals surface area (Å²) in [5.74, 6) is 0. The number of hydrogen-bond donors (Lipinski definition) is 1. The van der Waals surface area contributed by atoms with Gasteiger partial charge in [-0.25, -0.2) is 4.68 Å². The molecule has 96 valence electrons. The Morgan fingerprint density at radius 2 is 2.22 bits per heavy atom. The van der Waals surface area contributed by atoms with Crippen molar-refractivity contribution in [2.45, 2.75) is 26.4 Å². The minimum atomic E-state index is -0.585. The fraction of sp³-hybridized carbons (Fsp3) is 0.333. The molecule has 1 atom stereocenters. The summed E-state index contributed by atoms with van der Waals surface area (Å²) in [6, 6.07) is 3.74. The van der Waals surface area contributed by atoms with Gasteiger partial charge in [-0.15, -0.1) is 5.10 Å². The first kappa shape index (κ1) is 13.5. The van der Waals surface area contributed by atoms with E-state index in [0.717, 1.165) is 15.7 Å². The number of aliphatic hydroxyl groups is 1. The van der Waals surface area contributed by atoms with E-state index in [1.54, 1.807) is 10.9 Å². The summed E-state index contributed by atoms with van der Waals surface area (Å²) < 4.78 is 2.48. The number of hydrogen-bond acceptors (Lipinski definition) is 3. The zero-order valence-electron chi connectivity index (χ0n) is 10.1. The van der Waals surface area contributed by atoms with Crippen LogP contribution in [0.3, 0.4) is 0 Å². The number of rotatable bonds is 3. The summed E-state index contributed by atoms with van der Waals surface area (Å²) in [5.41, 5.74) is 2.34. The minimum absolute atomic E-state index is 0.557. The lowest BCUT2D eigenvalue weighted by molar-refractivity contribution is 0.169. The van der Waals surface area contributed by atoms with Gasteiger partial charge in [-0.3, -0.25) is 0 Å². The summed E-state index contributed by atoms with van der Waals surface area (Å²) in [5, 5.41) is 18.3. The van der Waals surface area contributed by atoms with Crippen LogP contribution in [0.2, 0.25) is 5.02 Å². The van der Waals surface area contributed by atoms with Crippen molar-refractivity contribution >= 4 is 27.5 Å². The first-order chi connectivity index (χ1) is 8.52. The molecule has 2 aromatic rings. The first-order valence-electron chi connectivity index (χ1n) is 5.59. The highest BCUT2D eigenvalue weighted by Gasteiger charge is 2.13.